The number of rotatable bonds is 8. The molecule has 0 radical (unpaired) electrons. The number of sulfonamides is 1. The van der Waals surface area contributed by atoms with E-state index < -0.39 is 21.7 Å². The molecule has 162 valence electrons. The first-order valence-corrected chi connectivity index (χ1v) is 12.2. The Bertz CT molecular complexity index is 922. The van der Waals surface area contributed by atoms with Gasteiger partial charge >= 0.3 is 0 Å². The van der Waals surface area contributed by atoms with Crippen LogP contribution < -0.4 is 9.62 Å². The zero-order valence-corrected chi connectivity index (χ0v) is 18.6. The Morgan fingerprint density at radius 3 is 2.23 bits per heavy atom. The molecular weight excluding hydrogens is 398 g/mol. The normalized spacial score (nSPS) is 14.6. The van der Waals surface area contributed by atoms with E-state index >= 15 is 0 Å². The maximum Gasteiger partial charge on any atom is 0.241 e. The molecule has 0 aromatic heterocycles. The Morgan fingerprint density at radius 1 is 1.00 bits per heavy atom. The minimum atomic E-state index is -3.80. The van der Waals surface area contributed by atoms with Gasteiger partial charge in [-0.3, -0.25) is 9.52 Å². The Labute approximate surface area is 179 Å². The number of carbonyl (C=O) groups is 1. The quantitative estimate of drug-likeness (QED) is 0.692. The van der Waals surface area contributed by atoms with Gasteiger partial charge in [0, 0.05) is 37.1 Å². The summed E-state index contributed by atoms with van der Waals surface area (Å²) in [4.78, 5) is 16.7. The second-order valence-electron chi connectivity index (χ2n) is 8.06. The molecule has 1 aliphatic heterocycles. The molecule has 6 nitrogen and oxygen atoms in total. The highest BCUT2D eigenvalue weighted by Gasteiger charge is 2.24. The predicted octanol–water partition coefficient (Wildman–Crippen LogP) is 3.86. The molecule has 30 heavy (non-hydrogen) atoms. The summed E-state index contributed by atoms with van der Waals surface area (Å²) in [6.07, 6.45) is 3.64. The monoisotopic (exact) mass is 429 g/mol. The fourth-order valence-electron chi connectivity index (χ4n) is 3.69. The summed E-state index contributed by atoms with van der Waals surface area (Å²) < 4.78 is 27.8. The molecule has 0 aliphatic carbocycles. The minimum Gasteiger partial charge on any atom is -0.372 e. The fourth-order valence-corrected chi connectivity index (χ4v) is 4.75. The van der Waals surface area contributed by atoms with Gasteiger partial charge in [-0.2, -0.15) is 0 Å². The van der Waals surface area contributed by atoms with Crippen molar-refractivity contribution in [2.24, 2.45) is 0 Å². The Balaban J connectivity index is 1.62. The zero-order chi connectivity index (χ0) is 21.6. The Morgan fingerprint density at radius 2 is 1.63 bits per heavy atom. The second kappa shape index (κ2) is 9.98. The number of nitrogens with zero attached hydrogens (tertiary/aromatic N) is 2. The lowest BCUT2D eigenvalue weighted by atomic mass is 10.1. The lowest BCUT2D eigenvalue weighted by molar-refractivity contribution is -0.130. The maximum absolute atomic E-state index is 12.8. The smallest absolute Gasteiger partial charge is 0.241 e. The summed E-state index contributed by atoms with van der Waals surface area (Å²) >= 11 is 0. The van der Waals surface area contributed by atoms with Crippen LogP contribution in [0.3, 0.4) is 0 Å². The fraction of sp³-hybridized carbons (Fsp3) is 0.435. The molecule has 0 atom stereocenters. The average molecular weight is 430 g/mol. The van der Waals surface area contributed by atoms with Crippen LogP contribution >= 0.6 is 0 Å². The molecule has 2 aromatic carbocycles. The largest absolute Gasteiger partial charge is 0.372 e. The van der Waals surface area contributed by atoms with Crippen LogP contribution in [0.5, 0.6) is 0 Å². The van der Waals surface area contributed by atoms with Gasteiger partial charge in [-0.05, 0) is 62.9 Å². The van der Waals surface area contributed by atoms with E-state index in [-0.39, 0.29) is 6.04 Å². The van der Waals surface area contributed by atoms with Gasteiger partial charge in [0.2, 0.25) is 15.9 Å². The van der Waals surface area contributed by atoms with Gasteiger partial charge in [0.05, 0.1) is 0 Å². The van der Waals surface area contributed by atoms with Crippen molar-refractivity contribution >= 4 is 27.3 Å². The summed E-state index contributed by atoms with van der Waals surface area (Å²) in [6.45, 7) is 6.23. The van der Waals surface area contributed by atoms with Crippen LogP contribution in [0.15, 0.2) is 54.6 Å². The Kier molecular flexibility index (Phi) is 7.37. The van der Waals surface area contributed by atoms with Crippen molar-refractivity contribution in [2.75, 3.05) is 28.5 Å². The Hall–Kier alpha value is -2.54. The van der Waals surface area contributed by atoms with Gasteiger partial charge in [0.15, 0.2) is 0 Å². The molecule has 0 bridgehead atoms. The van der Waals surface area contributed by atoms with Gasteiger partial charge in [-0.25, -0.2) is 8.42 Å². The third kappa shape index (κ3) is 6.23. The summed E-state index contributed by atoms with van der Waals surface area (Å²) in [5, 5.41) is 0. The number of hydrogen-bond acceptors (Lipinski definition) is 4. The first kappa shape index (κ1) is 22.2. The topological polar surface area (TPSA) is 69.7 Å². The molecule has 1 saturated heterocycles. The lowest BCUT2D eigenvalue weighted by Gasteiger charge is -2.29. The highest BCUT2D eigenvalue weighted by Crippen LogP contribution is 2.22. The van der Waals surface area contributed by atoms with Gasteiger partial charge in [-0.1, -0.05) is 30.3 Å². The van der Waals surface area contributed by atoms with E-state index in [0.29, 0.717) is 12.2 Å². The van der Waals surface area contributed by atoms with Crippen molar-refractivity contribution in [1.29, 1.82) is 0 Å². The molecule has 2 aromatic rings. The van der Waals surface area contributed by atoms with E-state index in [0.717, 1.165) is 24.3 Å². The van der Waals surface area contributed by atoms with Gasteiger partial charge in [0.1, 0.15) is 5.75 Å². The molecule has 1 fully saturated rings. The number of carbonyl (C=O) groups excluding carboxylic acids is 1. The summed E-state index contributed by atoms with van der Waals surface area (Å²) in [5.74, 6) is -0.988. The third-order valence-electron chi connectivity index (χ3n) is 5.31. The van der Waals surface area contributed by atoms with E-state index in [1.807, 2.05) is 56.3 Å². The summed E-state index contributed by atoms with van der Waals surface area (Å²) in [5.41, 5.74) is 2.54. The van der Waals surface area contributed by atoms with Crippen LogP contribution in [-0.4, -0.2) is 44.1 Å². The highest BCUT2D eigenvalue weighted by molar-refractivity contribution is 7.93. The van der Waals surface area contributed by atoms with E-state index in [4.69, 9.17) is 0 Å². The van der Waals surface area contributed by atoms with E-state index in [1.54, 1.807) is 17.0 Å². The van der Waals surface area contributed by atoms with Crippen LogP contribution in [-0.2, 0) is 21.4 Å². The SMILES string of the molecule is CC(C)N(Cc1ccccc1)C(=O)CS(=O)(=O)Nc1ccc(N2CCCCC2)cc1. The van der Waals surface area contributed by atoms with E-state index in [1.165, 1.54) is 19.3 Å². The predicted molar refractivity (Wildman–Crippen MR) is 122 cm³/mol. The molecular formula is C23H31N3O3S. The first-order chi connectivity index (χ1) is 14.3. The van der Waals surface area contributed by atoms with Crippen molar-refractivity contribution in [3.05, 3.63) is 60.2 Å². The molecule has 7 heteroatoms. The lowest BCUT2D eigenvalue weighted by Crippen LogP contribution is -2.41. The number of hydrogen-bond donors (Lipinski definition) is 1. The number of anilines is 2. The van der Waals surface area contributed by atoms with Crippen molar-refractivity contribution in [1.82, 2.24) is 4.90 Å². The van der Waals surface area contributed by atoms with Crippen LogP contribution in [0, 0.1) is 0 Å². The summed E-state index contributed by atoms with van der Waals surface area (Å²) in [7, 11) is -3.80. The number of nitrogens with one attached hydrogen (secondary N) is 1. The van der Waals surface area contributed by atoms with Gasteiger partial charge in [0.25, 0.3) is 0 Å². The van der Waals surface area contributed by atoms with Crippen LogP contribution in [0.25, 0.3) is 0 Å². The van der Waals surface area contributed by atoms with Crippen molar-refractivity contribution in [3.63, 3.8) is 0 Å². The second-order valence-corrected chi connectivity index (χ2v) is 9.78. The zero-order valence-electron chi connectivity index (χ0n) is 17.8. The number of piperidine rings is 1. The summed E-state index contributed by atoms with van der Waals surface area (Å²) in [6, 6.07) is 16.9. The average Bonchev–Trinajstić information content (AvgIpc) is 2.73. The number of benzene rings is 2. The number of amides is 1. The highest BCUT2D eigenvalue weighted by atomic mass is 32.2. The van der Waals surface area contributed by atoms with E-state index in [9.17, 15) is 13.2 Å². The molecule has 1 amide bonds. The van der Waals surface area contributed by atoms with Crippen LogP contribution in [0.4, 0.5) is 11.4 Å². The molecule has 1 heterocycles. The minimum absolute atomic E-state index is 0.100. The molecule has 0 unspecified atom stereocenters. The molecule has 3 rings (SSSR count). The van der Waals surface area contributed by atoms with Crippen molar-refractivity contribution in [3.8, 4) is 0 Å². The maximum atomic E-state index is 12.8. The van der Waals surface area contributed by atoms with E-state index in [2.05, 4.69) is 9.62 Å². The first-order valence-electron chi connectivity index (χ1n) is 10.5. The third-order valence-corrected chi connectivity index (χ3v) is 6.49. The molecule has 1 aliphatic rings. The molecule has 0 spiro atoms. The van der Waals surface area contributed by atoms with Crippen LogP contribution in [0.2, 0.25) is 0 Å². The van der Waals surface area contributed by atoms with Crippen LogP contribution in [0.1, 0.15) is 38.7 Å². The molecule has 1 N–H and O–H groups in total. The molecule has 0 saturated carbocycles. The van der Waals surface area contributed by atoms with Gasteiger partial charge < -0.3 is 9.80 Å². The van der Waals surface area contributed by atoms with Gasteiger partial charge in [-0.15, -0.1) is 0 Å². The van der Waals surface area contributed by atoms with Crippen molar-refractivity contribution < 1.29 is 13.2 Å². The van der Waals surface area contributed by atoms with Crippen molar-refractivity contribution in [2.45, 2.75) is 45.7 Å². The standard InChI is InChI=1S/C23H31N3O3S/c1-19(2)26(17-20-9-5-3-6-10-20)23(27)18-30(28,29)24-21-11-13-22(14-12-21)25-15-7-4-8-16-25/h3,5-6,9-14,19,24H,4,7-8,15-18H2,1-2H3.